The van der Waals surface area contributed by atoms with Crippen molar-refractivity contribution >= 4 is 22.8 Å². The van der Waals surface area contributed by atoms with Gasteiger partial charge in [0.25, 0.3) is 5.91 Å². The fourth-order valence-corrected chi connectivity index (χ4v) is 3.47. The zero-order chi connectivity index (χ0) is 18.8. The van der Waals surface area contributed by atoms with Gasteiger partial charge in [0, 0.05) is 37.3 Å². The molecule has 0 radical (unpaired) electrons. The highest BCUT2D eigenvalue weighted by atomic mass is 16.5. The van der Waals surface area contributed by atoms with Gasteiger partial charge in [-0.3, -0.25) is 9.78 Å². The van der Waals surface area contributed by atoms with Gasteiger partial charge < -0.3 is 24.4 Å². The number of rotatable bonds is 3. The topological polar surface area (TPSA) is 88.0 Å². The summed E-state index contributed by atoms with van der Waals surface area (Å²) in [7, 11) is 0. The first-order valence-corrected chi connectivity index (χ1v) is 9.32. The molecule has 2 fully saturated rings. The number of fused-ring (bicyclic) bond motifs is 1. The van der Waals surface area contributed by atoms with Crippen molar-refractivity contribution in [1.82, 2.24) is 14.9 Å². The van der Waals surface area contributed by atoms with Gasteiger partial charge in [-0.15, -0.1) is 0 Å². The van der Waals surface area contributed by atoms with E-state index in [9.17, 15) is 9.90 Å². The molecule has 1 aromatic heterocycles. The SMILES string of the molecule is CC(O)c1cc(C(=O)N2CCOCC2)cc2ncc(N3CCOCC3)nc12. The average Bonchev–Trinajstić information content (AvgIpc) is 2.73. The van der Waals surface area contributed by atoms with Gasteiger partial charge in [0.15, 0.2) is 0 Å². The van der Waals surface area contributed by atoms with Crippen molar-refractivity contribution in [3.63, 3.8) is 0 Å². The monoisotopic (exact) mass is 372 g/mol. The summed E-state index contributed by atoms with van der Waals surface area (Å²) in [6.45, 7) is 6.77. The Balaban J connectivity index is 1.72. The lowest BCUT2D eigenvalue weighted by Gasteiger charge is -2.28. The van der Waals surface area contributed by atoms with Crippen LogP contribution in [0, 0.1) is 0 Å². The van der Waals surface area contributed by atoms with Crippen molar-refractivity contribution < 1.29 is 19.4 Å². The van der Waals surface area contributed by atoms with Crippen LogP contribution in [0.5, 0.6) is 0 Å². The molecule has 2 saturated heterocycles. The maximum absolute atomic E-state index is 12.9. The van der Waals surface area contributed by atoms with Gasteiger partial charge in [-0.1, -0.05) is 0 Å². The molecule has 0 spiro atoms. The fraction of sp³-hybridized carbons (Fsp3) is 0.526. The van der Waals surface area contributed by atoms with Crippen LogP contribution < -0.4 is 4.90 Å². The van der Waals surface area contributed by atoms with Gasteiger partial charge >= 0.3 is 0 Å². The predicted octanol–water partition coefficient (Wildman–Crippen LogP) is 0.992. The van der Waals surface area contributed by atoms with Crippen LogP contribution in [0.4, 0.5) is 5.82 Å². The second kappa shape index (κ2) is 7.75. The zero-order valence-electron chi connectivity index (χ0n) is 15.4. The highest BCUT2D eigenvalue weighted by molar-refractivity contribution is 5.98. The largest absolute Gasteiger partial charge is 0.389 e. The van der Waals surface area contributed by atoms with E-state index in [1.54, 1.807) is 30.2 Å². The lowest BCUT2D eigenvalue weighted by Crippen LogP contribution is -2.40. The Morgan fingerprint density at radius 2 is 1.78 bits per heavy atom. The highest BCUT2D eigenvalue weighted by Crippen LogP contribution is 2.26. The number of hydrogen-bond acceptors (Lipinski definition) is 7. The summed E-state index contributed by atoms with van der Waals surface area (Å²) in [6, 6.07) is 3.50. The van der Waals surface area contributed by atoms with E-state index in [1.165, 1.54) is 0 Å². The third kappa shape index (κ3) is 3.73. The first-order valence-electron chi connectivity index (χ1n) is 9.32. The van der Waals surface area contributed by atoms with E-state index in [4.69, 9.17) is 14.5 Å². The number of amides is 1. The second-order valence-corrected chi connectivity index (χ2v) is 6.84. The molecule has 0 bridgehead atoms. The average molecular weight is 372 g/mol. The van der Waals surface area contributed by atoms with Crippen LogP contribution in [0.15, 0.2) is 18.3 Å². The van der Waals surface area contributed by atoms with E-state index in [0.29, 0.717) is 61.7 Å². The molecule has 2 aliphatic heterocycles. The number of carbonyl (C=O) groups is 1. The van der Waals surface area contributed by atoms with Crippen LogP contribution in [0.1, 0.15) is 28.9 Å². The van der Waals surface area contributed by atoms with Crippen molar-refractivity contribution in [1.29, 1.82) is 0 Å². The summed E-state index contributed by atoms with van der Waals surface area (Å²) in [5.41, 5.74) is 2.38. The molecule has 27 heavy (non-hydrogen) atoms. The third-order valence-electron chi connectivity index (χ3n) is 5.00. The van der Waals surface area contributed by atoms with Gasteiger partial charge in [0.1, 0.15) is 5.82 Å². The minimum atomic E-state index is -0.751. The van der Waals surface area contributed by atoms with Gasteiger partial charge in [0.2, 0.25) is 0 Å². The second-order valence-electron chi connectivity index (χ2n) is 6.84. The van der Waals surface area contributed by atoms with Crippen molar-refractivity contribution in [2.75, 3.05) is 57.5 Å². The van der Waals surface area contributed by atoms with E-state index in [2.05, 4.69) is 9.88 Å². The summed E-state index contributed by atoms with van der Waals surface area (Å²) in [4.78, 5) is 26.0. The minimum absolute atomic E-state index is 0.0684. The van der Waals surface area contributed by atoms with Crippen molar-refractivity contribution in [3.05, 3.63) is 29.5 Å². The van der Waals surface area contributed by atoms with Crippen LogP contribution in [-0.2, 0) is 9.47 Å². The molecule has 1 N–H and O–H groups in total. The third-order valence-corrected chi connectivity index (χ3v) is 5.00. The lowest BCUT2D eigenvalue weighted by atomic mass is 10.0. The van der Waals surface area contributed by atoms with E-state index >= 15 is 0 Å². The van der Waals surface area contributed by atoms with Gasteiger partial charge in [-0.25, -0.2) is 4.98 Å². The number of carbonyl (C=O) groups excluding carboxylic acids is 1. The molecule has 8 nitrogen and oxygen atoms in total. The van der Waals surface area contributed by atoms with E-state index in [1.807, 2.05) is 0 Å². The van der Waals surface area contributed by atoms with Crippen molar-refractivity contribution in [2.45, 2.75) is 13.0 Å². The Morgan fingerprint density at radius 1 is 1.11 bits per heavy atom. The molecular weight excluding hydrogens is 348 g/mol. The number of aliphatic hydroxyl groups excluding tert-OH is 1. The number of aliphatic hydroxyl groups is 1. The molecule has 1 unspecified atom stereocenters. The lowest BCUT2D eigenvalue weighted by molar-refractivity contribution is 0.0303. The maximum Gasteiger partial charge on any atom is 0.254 e. The van der Waals surface area contributed by atoms with Crippen molar-refractivity contribution in [2.24, 2.45) is 0 Å². The van der Waals surface area contributed by atoms with Crippen LogP contribution >= 0.6 is 0 Å². The molecule has 144 valence electrons. The number of nitrogens with zero attached hydrogens (tertiary/aromatic N) is 4. The van der Waals surface area contributed by atoms with Gasteiger partial charge in [-0.2, -0.15) is 0 Å². The summed E-state index contributed by atoms with van der Waals surface area (Å²) >= 11 is 0. The number of benzene rings is 1. The van der Waals surface area contributed by atoms with E-state index < -0.39 is 6.10 Å². The Kier molecular flexibility index (Phi) is 5.20. The van der Waals surface area contributed by atoms with E-state index in [-0.39, 0.29) is 5.91 Å². The smallest absolute Gasteiger partial charge is 0.254 e. The molecule has 2 aromatic rings. The summed E-state index contributed by atoms with van der Waals surface area (Å²) < 4.78 is 10.7. The van der Waals surface area contributed by atoms with Gasteiger partial charge in [0.05, 0.1) is 49.8 Å². The quantitative estimate of drug-likeness (QED) is 0.860. The Labute approximate surface area is 157 Å². The molecule has 3 heterocycles. The molecule has 4 rings (SSSR count). The van der Waals surface area contributed by atoms with Crippen LogP contribution in [-0.4, -0.2) is 78.5 Å². The number of aromatic nitrogens is 2. The zero-order valence-corrected chi connectivity index (χ0v) is 15.4. The Hall–Kier alpha value is -2.29. The normalized spacial score (nSPS) is 19.3. The molecule has 2 aliphatic rings. The van der Waals surface area contributed by atoms with Crippen LogP contribution in [0.2, 0.25) is 0 Å². The molecule has 0 saturated carbocycles. The standard InChI is InChI=1S/C19H24N4O4/c1-13(24)15-10-14(19(25)23-4-8-27-9-5-23)11-16-18(15)21-17(12-20-16)22-2-6-26-7-3-22/h10-13,24H,2-9H2,1H3. The minimum Gasteiger partial charge on any atom is -0.389 e. The molecular formula is C19H24N4O4. The maximum atomic E-state index is 12.9. The highest BCUT2D eigenvalue weighted by Gasteiger charge is 2.22. The number of anilines is 1. The molecule has 1 aromatic carbocycles. The summed E-state index contributed by atoms with van der Waals surface area (Å²) in [6.07, 6.45) is 0.974. The van der Waals surface area contributed by atoms with Crippen LogP contribution in [0.3, 0.4) is 0 Å². The Bertz CT molecular complexity index is 830. The van der Waals surface area contributed by atoms with Crippen LogP contribution in [0.25, 0.3) is 11.0 Å². The summed E-state index contributed by atoms with van der Waals surface area (Å²) in [5, 5.41) is 10.3. The number of hydrogen-bond donors (Lipinski definition) is 1. The van der Waals surface area contributed by atoms with Crippen molar-refractivity contribution in [3.8, 4) is 0 Å². The first kappa shape index (κ1) is 18.1. The molecule has 1 atom stereocenters. The Morgan fingerprint density at radius 3 is 2.44 bits per heavy atom. The number of morpholine rings is 2. The predicted molar refractivity (Wildman–Crippen MR) is 99.9 cm³/mol. The summed E-state index contributed by atoms with van der Waals surface area (Å²) in [5.74, 6) is 0.695. The fourth-order valence-electron chi connectivity index (χ4n) is 3.47. The van der Waals surface area contributed by atoms with E-state index in [0.717, 1.165) is 18.9 Å². The first-order chi connectivity index (χ1) is 13.1. The molecule has 8 heteroatoms. The molecule has 0 aliphatic carbocycles. The number of ether oxygens (including phenoxy) is 2. The molecule has 1 amide bonds. The van der Waals surface area contributed by atoms with Gasteiger partial charge in [-0.05, 0) is 19.1 Å².